The lowest BCUT2D eigenvalue weighted by atomic mass is 9.70. The van der Waals surface area contributed by atoms with Crippen LogP contribution in [0, 0.1) is 12.8 Å². The lowest BCUT2D eigenvalue weighted by Gasteiger charge is -2.44. The van der Waals surface area contributed by atoms with Crippen LogP contribution in [0.25, 0.3) is 0 Å². The molecule has 0 amide bonds. The van der Waals surface area contributed by atoms with Gasteiger partial charge in [0.1, 0.15) is 0 Å². The van der Waals surface area contributed by atoms with Crippen LogP contribution in [-0.2, 0) is 5.41 Å². The van der Waals surface area contributed by atoms with Gasteiger partial charge in [-0.3, -0.25) is 0 Å². The maximum atomic E-state index is 3.47. The van der Waals surface area contributed by atoms with Crippen LogP contribution in [-0.4, -0.2) is 13.1 Å². The standard InChI is InChI=1S/C16H25N/c1-13(2)7-6-10-16(11-17-12-16)15-9-5-4-8-14(15)3/h4-5,8-9,13,17H,6-7,10-12H2,1-3H3. The highest BCUT2D eigenvalue weighted by Crippen LogP contribution is 2.36. The smallest absolute Gasteiger partial charge is 0.0205 e. The molecule has 1 aromatic rings. The number of nitrogens with one attached hydrogen (secondary N) is 1. The third-order valence-corrected chi connectivity index (χ3v) is 4.08. The SMILES string of the molecule is Cc1ccccc1C1(CCCC(C)C)CNC1. The molecule has 1 aliphatic heterocycles. The van der Waals surface area contributed by atoms with Gasteiger partial charge in [-0.1, -0.05) is 51.0 Å². The minimum Gasteiger partial charge on any atom is -0.315 e. The summed E-state index contributed by atoms with van der Waals surface area (Å²) in [4.78, 5) is 0. The molecular weight excluding hydrogens is 206 g/mol. The molecule has 2 rings (SSSR count). The van der Waals surface area contributed by atoms with Crippen molar-refractivity contribution in [2.24, 2.45) is 5.92 Å². The van der Waals surface area contributed by atoms with Gasteiger partial charge in [0.05, 0.1) is 0 Å². The third kappa shape index (κ3) is 2.71. The highest BCUT2D eigenvalue weighted by molar-refractivity contribution is 5.36. The predicted molar refractivity (Wildman–Crippen MR) is 74.4 cm³/mol. The average molecular weight is 231 g/mol. The van der Waals surface area contributed by atoms with Crippen molar-refractivity contribution in [1.82, 2.24) is 5.32 Å². The Morgan fingerprint density at radius 1 is 1.24 bits per heavy atom. The monoisotopic (exact) mass is 231 g/mol. The molecule has 1 aromatic carbocycles. The largest absolute Gasteiger partial charge is 0.315 e. The first kappa shape index (κ1) is 12.6. The molecule has 1 aliphatic rings. The van der Waals surface area contributed by atoms with E-state index in [0.717, 1.165) is 19.0 Å². The van der Waals surface area contributed by atoms with E-state index in [1.807, 2.05) is 0 Å². The topological polar surface area (TPSA) is 12.0 Å². The van der Waals surface area contributed by atoms with Gasteiger partial charge in [0.15, 0.2) is 0 Å². The summed E-state index contributed by atoms with van der Waals surface area (Å²) in [6, 6.07) is 8.90. The van der Waals surface area contributed by atoms with E-state index in [-0.39, 0.29) is 0 Å². The van der Waals surface area contributed by atoms with Gasteiger partial charge in [-0.15, -0.1) is 0 Å². The second kappa shape index (κ2) is 5.22. The molecule has 0 unspecified atom stereocenters. The molecule has 0 radical (unpaired) electrons. The minimum absolute atomic E-state index is 0.431. The van der Waals surface area contributed by atoms with Crippen molar-refractivity contribution in [2.45, 2.75) is 45.4 Å². The minimum atomic E-state index is 0.431. The van der Waals surface area contributed by atoms with Crippen molar-refractivity contribution in [1.29, 1.82) is 0 Å². The Morgan fingerprint density at radius 2 is 1.94 bits per heavy atom. The molecule has 0 bridgehead atoms. The van der Waals surface area contributed by atoms with Crippen molar-refractivity contribution in [3.8, 4) is 0 Å². The summed E-state index contributed by atoms with van der Waals surface area (Å²) in [7, 11) is 0. The molecule has 0 spiro atoms. The van der Waals surface area contributed by atoms with Crippen LogP contribution in [0.5, 0.6) is 0 Å². The number of rotatable bonds is 5. The van der Waals surface area contributed by atoms with E-state index >= 15 is 0 Å². The molecule has 1 fully saturated rings. The number of aryl methyl sites for hydroxylation is 1. The van der Waals surface area contributed by atoms with Crippen LogP contribution in [0.1, 0.15) is 44.2 Å². The highest BCUT2D eigenvalue weighted by Gasteiger charge is 2.38. The van der Waals surface area contributed by atoms with E-state index in [1.54, 1.807) is 5.56 Å². The van der Waals surface area contributed by atoms with Crippen molar-refractivity contribution < 1.29 is 0 Å². The second-order valence-electron chi connectivity index (χ2n) is 5.98. The van der Waals surface area contributed by atoms with E-state index in [0.29, 0.717) is 5.41 Å². The van der Waals surface area contributed by atoms with Crippen molar-refractivity contribution >= 4 is 0 Å². The van der Waals surface area contributed by atoms with Crippen molar-refractivity contribution in [2.75, 3.05) is 13.1 Å². The van der Waals surface area contributed by atoms with Gasteiger partial charge in [-0.25, -0.2) is 0 Å². The third-order valence-electron chi connectivity index (χ3n) is 4.08. The van der Waals surface area contributed by atoms with Gasteiger partial charge < -0.3 is 5.32 Å². The zero-order valence-corrected chi connectivity index (χ0v) is 11.4. The number of hydrogen-bond acceptors (Lipinski definition) is 1. The Kier molecular flexibility index (Phi) is 3.88. The summed E-state index contributed by atoms with van der Waals surface area (Å²) in [6.07, 6.45) is 4.05. The van der Waals surface area contributed by atoms with Gasteiger partial charge in [0.2, 0.25) is 0 Å². The molecule has 94 valence electrons. The Balaban J connectivity index is 2.07. The quantitative estimate of drug-likeness (QED) is 0.815. The Bertz CT molecular complexity index is 364. The summed E-state index contributed by atoms with van der Waals surface area (Å²) >= 11 is 0. The Hall–Kier alpha value is -0.820. The zero-order chi connectivity index (χ0) is 12.3. The summed E-state index contributed by atoms with van der Waals surface area (Å²) < 4.78 is 0. The summed E-state index contributed by atoms with van der Waals surface area (Å²) in [5.41, 5.74) is 3.46. The normalized spacial score (nSPS) is 18.1. The first-order valence-electron chi connectivity index (χ1n) is 6.91. The maximum absolute atomic E-state index is 3.47. The second-order valence-corrected chi connectivity index (χ2v) is 5.98. The highest BCUT2D eigenvalue weighted by atomic mass is 15.0. The summed E-state index contributed by atoms with van der Waals surface area (Å²) in [6.45, 7) is 9.21. The summed E-state index contributed by atoms with van der Waals surface area (Å²) in [5, 5.41) is 3.47. The molecule has 0 aliphatic carbocycles. The fourth-order valence-corrected chi connectivity index (χ4v) is 2.95. The van der Waals surface area contributed by atoms with E-state index in [4.69, 9.17) is 0 Å². The molecule has 17 heavy (non-hydrogen) atoms. The predicted octanol–water partition coefficient (Wildman–Crippen LogP) is 3.66. The van der Waals surface area contributed by atoms with Crippen LogP contribution in [0.15, 0.2) is 24.3 Å². The Labute approximate surface area is 106 Å². The molecule has 1 nitrogen and oxygen atoms in total. The molecule has 0 aromatic heterocycles. The molecule has 1 saturated heterocycles. The fraction of sp³-hybridized carbons (Fsp3) is 0.625. The fourth-order valence-electron chi connectivity index (χ4n) is 2.95. The van der Waals surface area contributed by atoms with Crippen LogP contribution in [0.3, 0.4) is 0 Å². The van der Waals surface area contributed by atoms with Crippen LogP contribution in [0.4, 0.5) is 0 Å². The summed E-state index contributed by atoms with van der Waals surface area (Å²) in [5.74, 6) is 0.831. The lowest BCUT2D eigenvalue weighted by Crippen LogP contribution is -2.57. The molecule has 0 atom stereocenters. The molecular formula is C16H25N. The van der Waals surface area contributed by atoms with Crippen LogP contribution < -0.4 is 5.32 Å². The van der Waals surface area contributed by atoms with Gasteiger partial charge in [-0.05, 0) is 30.4 Å². The first-order valence-corrected chi connectivity index (χ1v) is 6.91. The molecule has 1 heterocycles. The lowest BCUT2D eigenvalue weighted by molar-refractivity contribution is 0.245. The van der Waals surface area contributed by atoms with Gasteiger partial charge in [0.25, 0.3) is 0 Å². The Morgan fingerprint density at radius 3 is 2.47 bits per heavy atom. The average Bonchev–Trinajstić information content (AvgIpc) is 2.23. The molecule has 1 N–H and O–H groups in total. The van der Waals surface area contributed by atoms with E-state index < -0.39 is 0 Å². The van der Waals surface area contributed by atoms with Crippen LogP contribution in [0.2, 0.25) is 0 Å². The van der Waals surface area contributed by atoms with Gasteiger partial charge >= 0.3 is 0 Å². The van der Waals surface area contributed by atoms with Crippen LogP contribution >= 0.6 is 0 Å². The van der Waals surface area contributed by atoms with Crippen molar-refractivity contribution in [3.63, 3.8) is 0 Å². The van der Waals surface area contributed by atoms with E-state index in [9.17, 15) is 0 Å². The van der Waals surface area contributed by atoms with E-state index in [1.165, 1.54) is 24.8 Å². The van der Waals surface area contributed by atoms with E-state index in [2.05, 4.69) is 50.4 Å². The maximum Gasteiger partial charge on any atom is 0.0205 e. The number of hydrogen-bond donors (Lipinski definition) is 1. The van der Waals surface area contributed by atoms with Gasteiger partial charge in [-0.2, -0.15) is 0 Å². The molecule has 0 saturated carbocycles. The molecule has 1 heteroatoms. The number of benzene rings is 1. The zero-order valence-electron chi connectivity index (χ0n) is 11.4. The van der Waals surface area contributed by atoms with Gasteiger partial charge in [0, 0.05) is 18.5 Å². The van der Waals surface area contributed by atoms with Crippen molar-refractivity contribution in [3.05, 3.63) is 35.4 Å². The first-order chi connectivity index (χ1) is 8.14.